The van der Waals surface area contributed by atoms with Crippen molar-refractivity contribution < 1.29 is 13.9 Å². The Labute approximate surface area is 104 Å². The average molecular weight is 249 g/mol. The van der Waals surface area contributed by atoms with Crippen LogP contribution in [0.2, 0.25) is 0 Å². The van der Waals surface area contributed by atoms with Crippen molar-refractivity contribution in [2.45, 2.75) is 18.9 Å². The minimum atomic E-state index is -0.888. The Morgan fingerprint density at radius 1 is 1.06 bits per heavy atom. The van der Waals surface area contributed by atoms with Crippen LogP contribution >= 0.6 is 0 Å². The van der Waals surface area contributed by atoms with Crippen molar-refractivity contribution >= 4 is 0 Å². The van der Waals surface area contributed by atoms with Crippen LogP contribution in [0.5, 0.6) is 0 Å². The predicted octanol–water partition coefficient (Wildman–Crippen LogP) is 2.51. The lowest BCUT2D eigenvalue weighted by Crippen LogP contribution is -2.14. The Kier molecular flexibility index (Phi) is 3.99. The zero-order valence-electron chi connectivity index (χ0n) is 9.68. The lowest BCUT2D eigenvalue weighted by atomic mass is 10.0. The molecule has 18 heavy (non-hydrogen) atoms. The first-order chi connectivity index (χ1) is 8.65. The van der Waals surface area contributed by atoms with E-state index in [1.807, 2.05) is 6.07 Å². The van der Waals surface area contributed by atoms with E-state index in [0.29, 0.717) is 12.0 Å². The Bertz CT molecular complexity index is 516. The van der Waals surface area contributed by atoms with E-state index in [4.69, 9.17) is 0 Å². The van der Waals surface area contributed by atoms with Crippen LogP contribution in [0.3, 0.4) is 0 Å². The highest BCUT2D eigenvalue weighted by molar-refractivity contribution is 5.19. The minimum absolute atomic E-state index is 0.284. The van der Waals surface area contributed by atoms with E-state index in [0.717, 1.165) is 17.7 Å². The molecule has 4 heteroatoms. The first-order valence-electron chi connectivity index (χ1n) is 5.66. The molecule has 0 spiro atoms. The molecule has 0 saturated carbocycles. The third-order valence-electron chi connectivity index (χ3n) is 2.65. The molecule has 0 aliphatic rings. The van der Waals surface area contributed by atoms with Gasteiger partial charge in [0.2, 0.25) is 0 Å². The van der Waals surface area contributed by atoms with E-state index in [-0.39, 0.29) is 6.42 Å². The summed E-state index contributed by atoms with van der Waals surface area (Å²) in [6.45, 7) is 0. The number of aromatic nitrogens is 1. The van der Waals surface area contributed by atoms with Gasteiger partial charge in [0, 0.05) is 18.8 Å². The number of nitrogens with zero attached hydrogens (tertiary/aromatic N) is 1. The van der Waals surface area contributed by atoms with Gasteiger partial charge < -0.3 is 5.11 Å². The highest BCUT2D eigenvalue weighted by Crippen LogP contribution is 2.12. The lowest BCUT2D eigenvalue weighted by molar-refractivity contribution is 0.175. The minimum Gasteiger partial charge on any atom is -0.392 e. The monoisotopic (exact) mass is 249 g/mol. The van der Waals surface area contributed by atoms with Crippen molar-refractivity contribution in [2.24, 2.45) is 0 Å². The Balaban J connectivity index is 1.99. The topological polar surface area (TPSA) is 33.1 Å². The molecule has 1 N–H and O–H groups in total. The van der Waals surface area contributed by atoms with Crippen molar-refractivity contribution in [3.63, 3.8) is 0 Å². The summed E-state index contributed by atoms with van der Waals surface area (Å²) in [5, 5.41) is 9.87. The van der Waals surface area contributed by atoms with Crippen LogP contribution in [-0.4, -0.2) is 16.2 Å². The number of hydrogen-bond donors (Lipinski definition) is 1. The van der Waals surface area contributed by atoms with Gasteiger partial charge in [-0.15, -0.1) is 0 Å². The van der Waals surface area contributed by atoms with E-state index < -0.39 is 17.7 Å². The molecule has 0 fully saturated rings. The van der Waals surface area contributed by atoms with Gasteiger partial charge >= 0.3 is 0 Å². The van der Waals surface area contributed by atoms with E-state index >= 15 is 0 Å². The summed E-state index contributed by atoms with van der Waals surface area (Å²) in [4.78, 5) is 3.95. The highest BCUT2D eigenvalue weighted by Gasteiger charge is 2.09. The molecule has 94 valence electrons. The third-order valence-corrected chi connectivity index (χ3v) is 2.65. The summed E-state index contributed by atoms with van der Waals surface area (Å²) in [6, 6.07) is 7.31. The first kappa shape index (κ1) is 12.6. The molecule has 1 unspecified atom stereocenters. The zero-order chi connectivity index (χ0) is 13.0. The van der Waals surface area contributed by atoms with Crippen LogP contribution in [0.25, 0.3) is 0 Å². The number of aliphatic hydroxyl groups is 1. The molecule has 2 rings (SSSR count). The van der Waals surface area contributed by atoms with Crippen LogP contribution in [0.1, 0.15) is 11.1 Å². The largest absolute Gasteiger partial charge is 0.392 e. The molecule has 2 nitrogen and oxygen atoms in total. The second-order valence-electron chi connectivity index (χ2n) is 4.17. The number of benzene rings is 1. The maximum Gasteiger partial charge on any atom is 0.159 e. The third kappa shape index (κ3) is 3.34. The van der Waals surface area contributed by atoms with Crippen molar-refractivity contribution in [2.75, 3.05) is 0 Å². The number of aliphatic hydroxyl groups excluding tert-OH is 1. The summed E-state index contributed by atoms with van der Waals surface area (Å²) < 4.78 is 25.7. The maximum absolute atomic E-state index is 13.0. The molecular formula is C14H13F2NO. The van der Waals surface area contributed by atoms with Gasteiger partial charge in [-0.1, -0.05) is 12.1 Å². The second-order valence-corrected chi connectivity index (χ2v) is 4.17. The smallest absolute Gasteiger partial charge is 0.159 e. The van der Waals surface area contributed by atoms with E-state index in [1.165, 1.54) is 6.07 Å². The van der Waals surface area contributed by atoms with E-state index in [1.54, 1.807) is 18.5 Å². The standard InChI is InChI=1S/C14H13F2NO/c15-13-4-3-10(8-14(13)16)6-12(18)7-11-2-1-5-17-9-11/h1-5,8-9,12,18H,6-7H2. The van der Waals surface area contributed by atoms with Crippen molar-refractivity contribution in [1.82, 2.24) is 4.98 Å². The molecular weight excluding hydrogens is 236 g/mol. The Morgan fingerprint density at radius 3 is 2.50 bits per heavy atom. The van der Waals surface area contributed by atoms with Crippen molar-refractivity contribution in [3.05, 3.63) is 65.5 Å². The summed E-state index contributed by atoms with van der Waals surface area (Å²) >= 11 is 0. The molecule has 1 atom stereocenters. The summed E-state index contributed by atoms with van der Waals surface area (Å²) in [5.74, 6) is -1.76. The van der Waals surface area contributed by atoms with Gasteiger partial charge in [-0.05, 0) is 35.7 Å². The van der Waals surface area contributed by atoms with Crippen LogP contribution < -0.4 is 0 Å². The molecule has 0 aliphatic heterocycles. The Morgan fingerprint density at radius 2 is 1.83 bits per heavy atom. The van der Waals surface area contributed by atoms with Gasteiger partial charge in [0.05, 0.1) is 6.10 Å². The Hall–Kier alpha value is -1.81. The number of pyridine rings is 1. The molecule has 0 radical (unpaired) electrons. The fourth-order valence-corrected chi connectivity index (χ4v) is 1.80. The average Bonchev–Trinajstić information content (AvgIpc) is 2.35. The molecule has 1 aromatic carbocycles. The number of hydrogen-bond acceptors (Lipinski definition) is 2. The molecule has 0 aliphatic carbocycles. The van der Waals surface area contributed by atoms with Crippen molar-refractivity contribution in [1.29, 1.82) is 0 Å². The fourth-order valence-electron chi connectivity index (χ4n) is 1.80. The highest BCUT2D eigenvalue weighted by atomic mass is 19.2. The van der Waals surface area contributed by atoms with Crippen LogP contribution in [0.4, 0.5) is 8.78 Å². The SMILES string of the molecule is OC(Cc1cccnc1)Cc1ccc(F)c(F)c1. The molecule has 1 heterocycles. The molecule has 1 aromatic heterocycles. The van der Waals surface area contributed by atoms with Gasteiger partial charge in [0.15, 0.2) is 11.6 Å². The number of rotatable bonds is 4. The van der Waals surface area contributed by atoms with Crippen LogP contribution in [0.15, 0.2) is 42.7 Å². The van der Waals surface area contributed by atoms with Gasteiger partial charge in [-0.2, -0.15) is 0 Å². The quantitative estimate of drug-likeness (QED) is 0.903. The summed E-state index contributed by atoms with van der Waals surface area (Å²) in [5.41, 5.74) is 1.48. The normalized spacial score (nSPS) is 12.4. The molecule has 0 bridgehead atoms. The molecule has 0 saturated heterocycles. The van der Waals surface area contributed by atoms with Gasteiger partial charge in [-0.25, -0.2) is 8.78 Å². The molecule has 2 aromatic rings. The molecule has 0 amide bonds. The van der Waals surface area contributed by atoms with E-state index in [9.17, 15) is 13.9 Å². The fraction of sp³-hybridized carbons (Fsp3) is 0.214. The lowest BCUT2D eigenvalue weighted by Gasteiger charge is -2.10. The predicted molar refractivity (Wildman–Crippen MR) is 64.0 cm³/mol. The van der Waals surface area contributed by atoms with Gasteiger partial charge in [0.1, 0.15) is 0 Å². The van der Waals surface area contributed by atoms with Gasteiger partial charge in [0.25, 0.3) is 0 Å². The zero-order valence-corrected chi connectivity index (χ0v) is 9.68. The first-order valence-corrected chi connectivity index (χ1v) is 5.66. The van der Waals surface area contributed by atoms with E-state index in [2.05, 4.69) is 4.98 Å². The van der Waals surface area contributed by atoms with Gasteiger partial charge in [-0.3, -0.25) is 4.98 Å². The van der Waals surface area contributed by atoms with Crippen LogP contribution in [-0.2, 0) is 12.8 Å². The number of halogens is 2. The summed E-state index contributed by atoms with van der Waals surface area (Å²) in [6.07, 6.45) is 3.41. The van der Waals surface area contributed by atoms with Crippen molar-refractivity contribution in [3.8, 4) is 0 Å². The van der Waals surface area contributed by atoms with Crippen LogP contribution in [0, 0.1) is 11.6 Å². The summed E-state index contributed by atoms with van der Waals surface area (Å²) in [7, 11) is 0. The maximum atomic E-state index is 13.0. The second kappa shape index (κ2) is 5.69.